The molecule has 1 aliphatic rings. The third-order valence-electron chi connectivity index (χ3n) is 3.71. The monoisotopic (exact) mass is 247 g/mol. The number of aryl methyl sites for hydroxylation is 1. The molecule has 0 radical (unpaired) electrons. The standard InChI is InChI=1S/C15H21NO2/c1-12-6-2-3-9-14(12)15(18)16(10-5-11-17)13-7-4-8-13/h2-3,6,9,13,17H,4-5,7-8,10-11H2,1H3. The van der Waals surface area contributed by atoms with Gasteiger partial charge in [-0.15, -0.1) is 0 Å². The third-order valence-corrected chi connectivity index (χ3v) is 3.71. The molecule has 1 amide bonds. The largest absolute Gasteiger partial charge is 0.396 e. The molecule has 0 spiro atoms. The van der Waals surface area contributed by atoms with Crippen LogP contribution < -0.4 is 0 Å². The maximum atomic E-state index is 12.6. The maximum Gasteiger partial charge on any atom is 0.254 e. The summed E-state index contributed by atoms with van der Waals surface area (Å²) < 4.78 is 0. The molecular weight excluding hydrogens is 226 g/mol. The van der Waals surface area contributed by atoms with Crippen molar-refractivity contribution in [1.82, 2.24) is 4.90 Å². The summed E-state index contributed by atoms with van der Waals surface area (Å²) in [5.74, 6) is 0.117. The van der Waals surface area contributed by atoms with E-state index in [2.05, 4.69) is 0 Å². The van der Waals surface area contributed by atoms with Crippen LogP contribution in [0.15, 0.2) is 24.3 Å². The Labute approximate surface area is 108 Å². The number of aliphatic hydroxyl groups is 1. The van der Waals surface area contributed by atoms with Gasteiger partial charge in [-0.3, -0.25) is 4.79 Å². The minimum atomic E-state index is 0.117. The van der Waals surface area contributed by atoms with Crippen LogP contribution >= 0.6 is 0 Å². The van der Waals surface area contributed by atoms with Crippen LogP contribution in [0, 0.1) is 6.92 Å². The van der Waals surface area contributed by atoms with Crippen LogP contribution in [0.5, 0.6) is 0 Å². The molecule has 0 atom stereocenters. The lowest BCUT2D eigenvalue weighted by atomic mass is 9.90. The van der Waals surface area contributed by atoms with Crippen LogP contribution in [0.2, 0.25) is 0 Å². The highest BCUT2D eigenvalue weighted by Gasteiger charge is 2.29. The number of amides is 1. The van der Waals surface area contributed by atoms with Crippen LogP contribution in [0.1, 0.15) is 41.6 Å². The van der Waals surface area contributed by atoms with E-state index in [0.29, 0.717) is 19.0 Å². The predicted octanol–water partition coefficient (Wildman–Crippen LogP) is 2.37. The average Bonchev–Trinajstić information content (AvgIpc) is 2.32. The van der Waals surface area contributed by atoms with Gasteiger partial charge in [-0.05, 0) is 44.2 Å². The summed E-state index contributed by atoms with van der Waals surface area (Å²) in [4.78, 5) is 14.5. The summed E-state index contributed by atoms with van der Waals surface area (Å²) in [6.07, 6.45) is 4.07. The normalized spacial score (nSPS) is 15.2. The highest BCUT2D eigenvalue weighted by molar-refractivity contribution is 5.95. The molecule has 0 aromatic heterocycles. The second-order valence-electron chi connectivity index (χ2n) is 4.98. The first-order chi connectivity index (χ1) is 8.74. The van der Waals surface area contributed by atoms with Crippen molar-refractivity contribution in [3.8, 4) is 0 Å². The summed E-state index contributed by atoms with van der Waals surface area (Å²) in [5.41, 5.74) is 1.82. The van der Waals surface area contributed by atoms with Crippen LogP contribution in [0.4, 0.5) is 0 Å². The van der Waals surface area contributed by atoms with Gasteiger partial charge < -0.3 is 10.0 Å². The molecule has 2 rings (SSSR count). The van der Waals surface area contributed by atoms with E-state index >= 15 is 0 Å². The third kappa shape index (κ3) is 2.72. The number of rotatable bonds is 5. The SMILES string of the molecule is Cc1ccccc1C(=O)N(CCCO)C1CCC1. The van der Waals surface area contributed by atoms with Gasteiger partial charge in [-0.2, -0.15) is 0 Å². The van der Waals surface area contributed by atoms with Crippen molar-refractivity contribution < 1.29 is 9.90 Å². The van der Waals surface area contributed by atoms with Gasteiger partial charge in [0.1, 0.15) is 0 Å². The molecule has 1 aliphatic carbocycles. The van der Waals surface area contributed by atoms with Crippen LogP contribution in [0.25, 0.3) is 0 Å². The molecule has 18 heavy (non-hydrogen) atoms. The van der Waals surface area contributed by atoms with Crippen molar-refractivity contribution in [2.45, 2.75) is 38.6 Å². The van der Waals surface area contributed by atoms with Crippen molar-refractivity contribution in [1.29, 1.82) is 0 Å². The van der Waals surface area contributed by atoms with Gasteiger partial charge in [-0.25, -0.2) is 0 Å². The van der Waals surface area contributed by atoms with Crippen molar-refractivity contribution in [3.05, 3.63) is 35.4 Å². The van der Waals surface area contributed by atoms with Gasteiger partial charge >= 0.3 is 0 Å². The highest BCUT2D eigenvalue weighted by atomic mass is 16.3. The van der Waals surface area contributed by atoms with E-state index in [4.69, 9.17) is 5.11 Å². The molecule has 1 aromatic carbocycles. The molecule has 0 heterocycles. The molecular formula is C15H21NO2. The van der Waals surface area contributed by atoms with Crippen molar-refractivity contribution in [3.63, 3.8) is 0 Å². The lowest BCUT2D eigenvalue weighted by Crippen LogP contribution is -2.45. The number of aliphatic hydroxyl groups excluding tert-OH is 1. The summed E-state index contributed by atoms with van der Waals surface area (Å²) >= 11 is 0. The Morgan fingerprint density at radius 2 is 2.11 bits per heavy atom. The molecule has 0 unspecified atom stereocenters. The quantitative estimate of drug-likeness (QED) is 0.867. The Morgan fingerprint density at radius 1 is 1.39 bits per heavy atom. The smallest absolute Gasteiger partial charge is 0.254 e. The molecule has 1 fully saturated rings. The van der Waals surface area contributed by atoms with E-state index in [0.717, 1.165) is 24.0 Å². The fourth-order valence-electron chi connectivity index (χ4n) is 2.36. The van der Waals surface area contributed by atoms with Gasteiger partial charge in [0, 0.05) is 24.8 Å². The molecule has 3 nitrogen and oxygen atoms in total. The summed E-state index contributed by atoms with van der Waals surface area (Å²) in [6.45, 7) is 2.77. The highest BCUT2D eigenvalue weighted by Crippen LogP contribution is 2.26. The van der Waals surface area contributed by atoms with Gasteiger partial charge in [-0.1, -0.05) is 18.2 Å². The van der Waals surface area contributed by atoms with Gasteiger partial charge in [0.25, 0.3) is 5.91 Å². The Bertz CT molecular complexity index is 413. The molecule has 3 heteroatoms. The zero-order chi connectivity index (χ0) is 13.0. The van der Waals surface area contributed by atoms with Crippen LogP contribution in [-0.4, -0.2) is 35.1 Å². The number of carbonyl (C=O) groups is 1. The fourth-order valence-corrected chi connectivity index (χ4v) is 2.36. The van der Waals surface area contributed by atoms with Crippen molar-refractivity contribution in [2.75, 3.05) is 13.2 Å². The van der Waals surface area contributed by atoms with Gasteiger partial charge in [0.15, 0.2) is 0 Å². The Balaban J connectivity index is 2.14. The zero-order valence-electron chi connectivity index (χ0n) is 10.9. The minimum Gasteiger partial charge on any atom is -0.396 e. The second kappa shape index (κ2) is 6.01. The lowest BCUT2D eigenvalue weighted by Gasteiger charge is -2.38. The Kier molecular flexibility index (Phi) is 4.37. The number of hydrogen-bond donors (Lipinski definition) is 1. The van der Waals surface area contributed by atoms with Gasteiger partial charge in [0.2, 0.25) is 0 Å². The molecule has 0 aliphatic heterocycles. The summed E-state index contributed by atoms with van der Waals surface area (Å²) in [6, 6.07) is 8.10. The van der Waals surface area contributed by atoms with E-state index in [1.165, 1.54) is 6.42 Å². The number of carbonyl (C=O) groups excluding carboxylic acids is 1. The molecule has 1 aromatic rings. The maximum absolute atomic E-state index is 12.6. The van der Waals surface area contributed by atoms with Crippen molar-refractivity contribution >= 4 is 5.91 Å². The van der Waals surface area contributed by atoms with E-state index < -0.39 is 0 Å². The minimum absolute atomic E-state index is 0.117. The summed E-state index contributed by atoms with van der Waals surface area (Å²) in [7, 11) is 0. The Morgan fingerprint density at radius 3 is 2.67 bits per heavy atom. The average molecular weight is 247 g/mol. The second-order valence-corrected chi connectivity index (χ2v) is 4.98. The van der Waals surface area contributed by atoms with Crippen molar-refractivity contribution in [2.24, 2.45) is 0 Å². The fraction of sp³-hybridized carbons (Fsp3) is 0.533. The van der Waals surface area contributed by atoms with Crippen LogP contribution in [0.3, 0.4) is 0 Å². The van der Waals surface area contributed by atoms with E-state index in [1.807, 2.05) is 36.1 Å². The molecule has 98 valence electrons. The number of nitrogens with zero attached hydrogens (tertiary/aromatic N) is 1. The van der Waals surface area contributed by atoms with E-state index in [1.54, 1.807) is 0 Å². The van der Waals surface area contributed by atoms with Crippen LogP contribution in [-0.2, 0) is 0 Å². The number of benzene rings is 1. The Hall–Kier alpha value is -1.35. The van der Waals surface area contributed by atoms with E-state index in [9.17, 15) is 4.79 Å². The first-order valence-corrected chi connectivity index (χ1v) is 6.71. The number of hydrogen-bond acceptors (Lipinski definition) is 2. The van der Waals surface area contributed by atoms with Gasteiger partial charge in [0.05, 0.1) is 0 Å². The summed E-state index contributed by atoms with van der Waals surface area (Å²) in [5, 5.41) is 8.96. The first kappa shape index (κ1) is 13.1. The topological polar surface area (TPSA) is 40.5 Å². The molecule has 1 saturated carbocycles. The van der Waals surface area contributed by atoms with E-state index in [-0.39, 0.29) is 12.5 Å². The lowest BCUT2D eigenvalue weighted by molar-refractivity contribution is 0.0562. The first-order valence-electron chi connectivity index (χ1n) is 6.71. The molecule has 0 bridgehead atoms. The molecule has 0 saturated heterocycles. The zero-order valence-corrected chi connectivity index (χ0v) is 10.9. The predicted molar refractivity (Wildman–Crippen MR) is 71.6 cm³/mol. The molecule has 1 N–H and O–H groups in total.